The number of nitrogens with one attached hydrogen (secondary N) is 1. The molecule has 114 valence electrons. The van der Waals surface area contributed by atoms with Crippen molar-refractivity contribution in [2.75, 3.05) is 5.32 Å². The van der Waals surface area contributed by atoms with Crippen LogP contribution < -0.4 is 5.32 Å². The minimum Gasteiger partial charge on any atom is -0.481 e. The topological polar surface area (TPSA) is 90.2 Å². The molecule has 6 heteroatoms. The molecule has 1 saturated carbocycles. The maximum Gasteiger partial charge on any atom is 0.307 e. The lowest BCUT2D eigenvalue weighted by Gasteiger charge is -2.23. The van der Waals surface area contributed by atoms with Gasteiger partial charge in [-0.2, -0.15) is 5.26 Å². The molecule has 2 N–H and O–H groups in total. The van der Waals surface area contributed by atoms with Crippen LogP contribution >= 0.6 is 11.3 Å². The molecule has 3 rings (SSSR count). The molecular formula is C16H16N2O3S. The van der Waals surface area contributed by atoms with E-state index in [4.69, 9.17) is 0 Å². The van der Waals surface area contributed by atoms with E-state index in [1.165, 1.54) is 11.3 Å². The minimum atomic E-state index is -0.920. The van der Waals surface area contributed by atoms with Gasteiger partial charge >= 0.3 is 5.97 Å². The van der Waals surface area contributed by atoms with Crippen molar-refractivity contribution in [3.8, 4) is 6.07 Å². The van der Waals surface area contributed by atoms with Crippen molar-refractivity contribution in [2.45, 2.75) is 20.3 Å². The second-order valence-electron chi connectivity index (χ2n) is 5.93. The normalized spacial score (nSPS) is 28.6. The zero-order valence-electron chi connectivity index (χ0n) is 12.3. The first-order valence-electron chi connectivity index (χ1n) is 7.16. The highest BCUT2D eigenvalue weighted by atomic mass is 32.1. The largest absolute Gasteiger partial charge is 0.481 e. The van der Waals surface area contributed by atoms with Gasteiger partial charge in [-0.1, -0.05) is 12.2 Å². The number of rotatable bonds is 3. The van der Waals surface area contributed by atoms with Crippen molar-refractivity contribution in [3.05, 3.63) is 28.2 Å². The maximum atomic E-state index is 12.6. The Hall–Kier alpha value is -2.13. The Morgan fingerprint density at radius 3 is 2.55 bits per heavy atom. The quantitative estimate of drug-likeness (QED) is 0.839. The van der Waals surface area contributed by atoms with Crippen LogP contribution in [0.15, 0.2) is 12.2 Å². The first-order chi connectivity index (χ1) is 10.4. The third-order valence-electron chi connectivity index (χ3n) is 4.78. The first kappa shape index (κ1) is 14.8. The van der Waals surface area contributed by atoms with E-state index in [0.29, 0.717) is 10.6 Å². The third-order valence-corrected chi connectivity index (χ3v) is 5.90. The van der Waals surface area contributed by atoms with Gasteiger partial charge in [-0.05, 0) is 37.7 Å². The summed E-state index contributed by atoms with van der Waals surface area (Å²) in [7, 11) is 0. The number of carboxylic acids is 1. The maximum absolute atomic E-state index is 12.6. The second kappa shape index (κ2) is 5.25. The number of carbonyl (C=O) groups is 2. The monoisotopic (exact) mass is 316 g/mol. The van der Waals surface area contributed by atoms with E-state index in [1.54, 1.807) is 0 Å². The number of thiophene rings is 1. The molecule has 1 fully saturated rings. The average Bonchev–Trinajstić information content (AvgIpc) is 3.13. The Bertz CT molecular complexity index is 728. The van der Waals surface area contributed by atoms with E-state index < -0.39 is 17.8 Å². The number of hydrogen-bond acceptors (Lipinski definition) is 4. The third kappa shape index (κ3) is 2.13. The molecule has 0 spiro atoms. The number of nitriles is 1. The summed E-state index contributed by atoms with van der Waals surface area (Å²) in [5.41, 5.74) is 1.34. The van der Waals surface area contributed by atoms with E-state index in [1.807, 2.05) is 26.0 Å². The van der Waals surface area contributed by atoms with Gasteiger partial charge in [0, 0.05) is 4.88 Å². The van der Waals surface area contributed by atoms with E-state index in [9.17, 15) is 20.0 Å². The molecule has 0 aliphatic heterocycles. The molecular weight excluding hydrogens is 300 g/mol. The molecule has 1 amide bonds. The Morgan fingerprint density at radius 1 is 1.32 bits per heavy atom. The van der Waals surface area contributed by atoms with Gasteiger partial charge in [-0.15, -0.1) is 11.3 Å². The number of hydrogen-bond donors (Lipinski definition) is 2. The molecule has 5 nitrogen and oxygen atoms in total. The van der Waals surface area contributed by atoms with E-state index in [-0.39, 0.29) is 17.7 Å². The van der Waals surface area contributed by atoms with Gasteiger partial charge in [0.25, 0.3) is 0 Å². The minimum absolute atomic E-state index is 0.0150. The van der Waals surface area contributed by atoms with E-state index in [0.717, 1.165) is 16.9 Å². The summed E-state index contributed by atoms with van der Waals surface area (Å²) in [5, 5.41) is 22.0. The zero-order chi connectivity index (χ0) is 16.0. The number of allylic oxidation sites excluding steroid dienone is 2. The molecule has 2 aliphatic carbocycles. The number of fused-ring (bicyclic) bond motifs is 2. The van der Waals surface area contributed by atoms with Crippen LogP contribution in [0.4, 0.5) is 5.00 Å². The summed E-state index contributed by atoms with van der Waals surface area (Å²) in [4.78, 5) is 25.1. The van der Waals surface area contributed by atoms with Crippen molar-refractivity contribution in [1.29, 1.82) is 5.26 Å². The highest BCUT2D eigenvalue weighted by Gasteiger charge is 2.51. The molecule has 1 aromatic rings. The number of aryl methyl sites for hydroxylation is 1. The molecule has 0 saturated heterocycles. The van der Waals surface area contributed by atoms with Crippen molar-refractivity contribution in [1.82, 2.24) is 0 Å². The number of carboxylic acid groups (broad SMARTS) is 1. The molecule has 0 radical (unpaired) electrons. The molecule has 1 aromatic heterocycles. The second-order valence-corrected chi connectivity index (χ2v) is 7.15. The lowest BCUT2D eigenvalue weighted by atomic mass is 9.82. The molecule has 22 heavy (non-hydrogen) atoms. The summed E-state index contributed by atoms with van der Waals surface area (Å²) in [6.07, 6.45) is 4.58. The molecule has 0 unspecified atom stereocenters. The van der Waals surface area contributed by atoms with Gasteiger partial charge < -0.3 is 10.4 Å². The standard InChI is InChI=1S/C16H16N2O3S/c1-7-8(2)22-15(11(7)6-17)18-14(19)12-9-3-4-10(5-9)13(12)16(20)21/h3-4,9-10,12-13H,5H2,1-2H3,(H,18,19)(H,20,21)/t9-,10+,12+,13+/m1/s1. The van der Waals surface area contributed by atoms with Gasteiger partial charge in [-0.3, -0.25) is 9.59 Å². The fourth-order valence-corrected chi connectivity index (χ4v) is 4.57. The van der Waals surface area contributed by atoms with Gasteiger partial charge in [0.15, 0.2) is 0 Å². The summed E-state index contributed by atoms with van der Waals surface area (Å²) in [6.45, 7) is 3.75. The van der Waals surface area contributed by atoms with Crippen molar-refractivity contribution in [2.24, 2.45) is 23.7 Å². The number of carbonyl (C=O) groups excluding carboxylic acids is 1. The van der Waals surface area contributed by atoms with Crippen molar-refractivity contribution < 1.29 is 14.7 Å². The number of anilines is 1. The Labute approximate surface area is 132 Å². The Kier molecular flexibility index (Phi) is 3.53. The highest BCUT2D eigenvalue weighted by Crippen LogP contribution is 2.48. The van der Waals surface area contributed by atoms with Crippen LogP contribution in [-0.4, -0.2) is 17.0 Å². The van der Waals surface area contributed by atoms with Crippen LogP contribution in [0.1, 0.15) is 22.4 Å². The van der Waals surface area contributed by atoms with Crippen LogP contribution in [0.2, 0.25) is 0 Å². The van der Waals surface area contributed by atoms with E-state index >= 15 is 0 Å². The van der Waals surface area contributed by atoms with Gasteiger partial charge in [0.2, 0.25) is 5.91 Å². The predicted octanol–water partition coefficient (Wildman–Crippen LogP) is 2.70. The van der Waals surface area contributed by atoms with Crippen LogP contribution in [0.25, 0.3) is 0 Å². The number of nitrogens with zero attached hydrogens (tertiary/aromatic N) is 1. The summed E-state index contributed by atoms with van der Waals surface area (Å²) in [5.74, 6) is -2.50. The summed E-state index contributed by atoms with van der Waals surface area (Å²) < 4.78 is 0. The summed E-state index contributed by atoms with van der Waals surface area (Å²) in [6, 6.07) is 2.11. The Balaban J connectivity index is 1.86. The Morgan fingerprint density at radius 2 is 1.95 bits per heavy atom. The molecule has 0 aromatic carbocycles. The van der Waals surface area contributed by atoms with E-state index in [2.05, 4.69) is 11.4 Å². The van der Waals surface area contributed by atoms with Gasteiger partial charge in [0.05, 0.1) is 17.4 Å². The first-order valence-corrected chi connectivity index (χ1v) is 7.97. The number of aliphatic carboxylic acids is 1. The van der Waals surface area contributed by atoms with Crippen LogP contribution in [0, 0.1) is 48.9 Å². The molecule has 2 aliphatic rings. The summed E-state index contributed by atoms with van der Waals surface area (Å²) >= 11 is 1.36. The van der Waals surface area contributed by atoms with Crippen molar-refractivity contribution in [3.63, 3.8) is 0 Å². The van der Waals surface area contributed by atoms with Crippen molar-refractivity contribution >= 4 is 28.2 Å². The van der Waals surface area contributed by atoms with Crippen LogP contribution in [0.3, 0.4) is 0 Å². The highest BCUT2D eigenvalue weighted by molar-refractivity contribution is 7.16. The van der Waals surface area contributed by atoms with Gasteiger partial charge in [0.1, 0.15) is 11.1 Å². The average molecular weight is 316 g/mol. The smallest absolute Gasteiger partial charge is 0.307 e. The SMILES string of the molecule is Cc1sc(NC(=O)[C@@H]2[C@@H](C(=O)O)[C@H]3C=C[C@@H]2C3)c(C#N)c1C. The lowest BCUT2D eigenvalue weighted by Crippen LogP contribution is -2.36. The van der Waals surface area contributed by atoms with Gasteiger partial charge in [-0.25, -0.2) is 0 Å². The molecule has 2 bridgehead atoms. The zero-order valence-corrected chi connectivity index (χ0v) is 13.1. The predicted molar refractivity (Wildman–Crippen MR) is 82.5 cm³/mol. The lowest BCUT2D eigenvalue weighted by molar-refractivity contribution is -0.146. The molecule has 1 heterocycles. The van der Waals surface area contributed by atoms with Crippen LogP contribution in [0.5, 0.6) is 0 Å². The fourth-order valence-electron chi connectivity index (χ4n) is 3.56. The van der Waals surface area contributed by atoms with Crippen LogP contribution in [-0.2, 0) is 9.59 Å². The molecule has 4 atom stereocenters. The number of amides is 1. The fraction of sp³-hybridized carbons (Fsp3) is 0.438.